The lowest BCUT2D eigenvalue weighted by molar-refractivity contribution is 0.640. The van der Waals surface area contributed by atoms with Crippen molar-refractivity contribution in [3.63, 3.8) is 0 Å². The highest BCUT2D eigenvalue weighted by Crippen LogP contribution is 2.40. The molecule has 0 amide bonds. The summed E-state index contributed by atoms with van der Waals surface area (Å²) in [4.78, 5) is 3.87. The Balaban J connectivity index is 2.20. The first-order valence-corrected chi connectivity index (χ1v) is 7.77. The zero-order valence-electron chi connectivity index (χ0n) is 11.0. The highest BCUT2D eigenvalue weighted by atomic mass is 32.2. The van der Waals surface area contributed by atoms with Crippen LogP contribution in [0.2, 0.25) is 0 Å². The van der Waals surface area contributed by atoms with Gasteiger partial charge < -0.3 is 5.73 Å². The molecule has 0 spiro atoms. The minimum atomic E-state index is 0.174. The minimum absolute atomic E-state index is 0.174. The molecule has 2 atom stereocenters. The van der Waals surface area contributed by atoms with Crippen LogP contribution >= 0.6 is 23.1 Å². The van der Waals surface area contributed by atoms with Crippen LogP contribution in [0.3, 0.4) is 0 Å². The highest BCUT2D eigenvalue weighted by molar-refractivity contribution is 7.99. The maximum atomic E-state index is 6.27. The van der Waals surface area contributed by atoms with Crippen LogP contribution in [0, 0.1) is 6.92 Å². The molecule has 3 nitrogen and oxygen atoms in total. The average Bonchev–Trinajstić information content (AvgIpc) is 2.94. The van der Waals surface area contributed by atoms with E-state index in [1.807, 2.05) is 47.2 Å². The van der Waals surface area contributed by atoms with Crippen LogP contribution in [0.4, 0.5) is 0 Å². The topological polar surface area (TPSA) is 43.8 Å². The summed E-state index contributed by atoms with van der Waals surface area (Å²) in [6.07, 6.45) is 4.93. The third-order valence-corrected chi connectivity index (χ3v) is 5.42. The second-order valence-electron chi connectivity index (χ2n) is 4.41. The molecule has 18 heavy (non-hydrogen) atoms. The maximum absolute atomic E-state index is 6.27. The van der Waals surface area contributed by atoms with Crippen molar-refractivity contribution in [2.75, 3.05) is 0 Å². The Morgan fingerprint density at radius 3 is 2.78 bits per heavy atom. The summed E-state index contributed by atoms with van der Waals surface area (Å²) in [5, 5.41) is 4.53. The second kappa shape index (κ2) is 5.91. The van der Waals surface area contributed by atoms with Crippen molar-refractivity contribution < 1.29 is 0 Å². The Morgan fingerprint density at radius 2 is 2.28 bits per heavy atom. The van der Waals surface area contributed by atoms with E-state index in [4.69, 9.17) is 5.73 Å². The summed E-state index contributed by atoms with van der Waals surface area (Å²) in [7, 11) is 1.94. The number of thioether (sulfide) groups is 1. The van der Waals surface area contributed by atoms with E-state index in [1.165, 1.54) is 14.6 Å². The molecular formula is C13H19N3S2. The van der Waals surface area contributed by atoms with Gasteiger partial charge >= 0.3 is 0 Å². The van der Waals surface area contributed by atoms with Gasteiger partial charge in [0, 0.05) is 33.9 Å². The van der Waals surface area contributed by atoms with Gasteiger partial charge in [0.25, 0.3) is 0 Å². The fourth-order valence-electron chi connectivity index (χ4n) is 1.78. The molecule has 0 aromatic carbocycles. The molecule has 0 saturated heterocycles. The van der Waals surface area contributed by atoms with Gasteiger partial charge in [0.2, 0.25) is 0 Å². The summed E-state index contributed by atoms with van der Waals surface area (Å²) in [6.45, 7) is 4.28. The molecule has 2 aromatic rings. The number of nitrogens with two attached hydrogens (primary N) is 1. The number of thiophene rings is 1. The van der Waals surface area contributed by atoms with Crippen molar-refractivity contribution >= 4 is 23.1 Å². The molecule has 2 aromatic heterocycles. The molecule has 5 heteroatoms. The van der Waals surface area contributed by atoms with Crippen LogP contribution in [-0.2, 0) is 7.05 Å². The standard InChI is InChI=1S/C13H19N3S2/c1-4-11(14)13(12-6-5-9(2)17-12)18-10-7-15-16(3)8-10/h5-8,11,13H,4,14H2,1-3H3. The molecule has 98 valence electrons. The minimum Gasteiger partial charge on any atom is -0.326 e. The summed E-state index contributed by atoms with van der Waals surface area (Å²) in [5.41, 5.74) is 6.27. The SMILES string of the molecule is CCC(N)C(Sc1cnn(C)c1)c1ccc(C)s1. The first-order valence-electron chi connectivity index (χ1n) is 6.07. The van der Waals surface area contributed by atoms with Crippen LogP contribution in [0.25, 0.3) is 0 Å². The first kappa shape index (κ1) is 13.6. The Labute approximate surface area is 116 Å². The van der Waals surface area contributed by atoms with E-state index in [-0.39, 0.29) is 6.04 Å². The summed E-state index contributed by atoms with van der Waals surface area (Å²) < 4.78 is 1.83. The molecule has 0 radical (unpaired) electrons. The molecule has 0 saturated carbocycles. The van der Waals surface area contributed by atoms with Crippen LogP contribution < -0.4 is 5.73 Å². The van der Waals surface area contributed by atoms with Crippen LogP contribution in [-0.4, -0.2) is 15.8 Å². The molecule has 0 bridgehead atoms. The summed E-state index contributed by atoms with van der Waals surface area (Å²) in [6, 6.07) is 4.54. The van der Waals surface area contributed by atoms with Crippen LogP contribution in [0.5, 0.6) is 0 Å². The van der Waals surface area contributed by atoms with Crippen molar-refractivity contribution in [1.82, 2.24) is 9.78 Å². The van der Waals surface area contributed by atoms with E-state index < -0.39 is 0 Å². The van der Waals surface area contributed by atoms with Crippen molar-refractivity contribution in [1.29, 1.82) is 0 Å². The predicted octanol–water partition coefficient (Wildman–Crippen LogP) is 3.36. The van der Waals surface area contributed by atoms with E-state index in [1.54, 1.807) is 0 Å². The van der Waals surface area contributed by atoms with Crippen molar-refractivity contribution in [2.24, 2.45) is 12.8 Å². The summed E-state index contributed by atoms with van der Waals surface area (Å²) >= 11 is 3.65. The normalized spacial score (nSPS) is 14.7. The fourth-order valence-corrected chi connectivity index (χ4v) is 4.18. The first-order chi connectivity index (χ1) is 8.60. The number of hydrogen-bond donors (Lipinski definition) is 1. The third-order valence-electron chi connectivity index (χ3n) is 2.85. The van der Waals surface area contributed by atoms with E-state index in [9.17, 15) is 0 Å². The van der Waals surface area contributed by atoms with Crippen molar-refractivity contribution in [3.8, 4) is 0 Å². The molecular weight excluding hydrogens is 262 g/mol. The number of rotatable bonds is 5. The molecule has 2 N–H and O–H groups in total. The Kier molecular flexibility index (Phi) is 4.48. The smallest absolute Gasteiger partial charge is 0.0626 e. The monoisotopic (exact) mass is 281 g/mol. The Hall–Kier alpha value is -0.780. The number of aryl methyl sites for hydroxylation is 2. The van der Waals surface area contributed by atoms with Gasteiger partial charge in [-0.15, -0.1) is 23.1 Å². The Bertz CT molecular complexity index is 504. The highest BCUT2D eigenvalue weighted by Gasteiger charge is 2.21. The Morgan fingerprint density at radius 1 is 1.50 bits per heavy atom. The molecule has 0 aliphatic carbocycles. The molecule has 0 fully saturated rings. The van der Waals surface area contributed by atoms with E-state index in [2.05, 4.69) is 31.1 Å². The second-order valence-corrected chi connectivity index (χ2v) is 6.94. The molecule has 2 rings (SSSR count). The largest absolute Gasteiger partial charge is 0.326 e. The fraction of sp³-hybridized carbons (Fsp3) is 0.462. The number of nitrogens with zero attached hydrogens (tertiary/aromatic N) is 2. The van der Waals surface area contributed by atoms with Gasteiger partial charge in [0.15, 0.2) is 0 Å². The zero-order valence-corrected chi connectivity index (χ0v) is 12.6. The third kappa shape index (κ3) is 3.16. The average molecular weight is 281 g/mol. The summed E-state index contributed by atoms with van der Waals surface area (Å²) in [5.74, 6) is 0. The molecule has 2 unspecified atom stereocenters. The van der Waals surface area contributed by atoms with Crippen LogP contribution in [0.15, 0.2) is 29.4 Å². The zero-order chi connectivity index (χ0) is 13.1. The van der Waals surface area contributed by atoms with E-state index in [0.717, 1.165) is 6.42 Å². The predicted molar refractivity (Wildman–Crippen MR) is 79.1 cm³/mol. The van der Waals surface area contributed by atoms with Gasteiger partial charge in [-0.05, 0) is 25.5 Å². The van der Waals surface area contributed by atoms with Crippen molar-refractivity contribution in [3.05, 3.63) is 34.3 Å². The molecule has 0 aliphatic rings. The quantitative estimate of drug-likeness (QED) is 0.855. The maximum Gasteiger partial charge on any atom is 0.0626 e. The van der Waals surface area contributed by atoms with E-state index in [0.29, 0.717) is 5.25 Å². The van der Waals surface area contributed by atoms with Crippen LogP contribution in [0.1, 0.15) is 28.3 Å². The van der Waals surface area contributed by atoms with Gasteiger partial charge in [0.1, 0.15) is 0 Å². The van der Waals surface area contributed by atoms with Gasteiger partial charge in [-0.25, -0.2) is 0 Å². The molecule has 2 heterocycles. The lowest BCUT2D eigenvalue weighted by Crippen LogP contribution is -2.25. The molecule has 0 aliphatic heterocycles. The lowest BCUT2D eigenvalue weighted by atomic mass is 10.1. The van der Waals surface area contributed by atoms with Gasteiger partial charge in [-0.2, -0.15) is 5.10 Å². The van der Waals surface area contributed by atoms with Gasteiger partial charge in [-0.3, -0.25) is 4.68 Å². The van der Waals surface area contributed by atoms with Gasteiger partial charge in [0.05, 0.1) is 11.4 Å². The van der Waals surface area contributed by atoms with E-state index >= 15 is 0 Å². The number of aromatic nitrogens is 2. The number of hydrogen-bond acceptors (Lipinski definition) is 4. The lowest BCUT2D eigenvalue weighted by Gasteiger charge is -2.20. The van der Waals surface area contributed by atoms with Gasteiger partial charge in [-0.1, -0.05) is 6.92 Å². The van der Waals surface area contributed by atoms with Crippen molar-refractivity contribution in [2.45, 2.75) is 36.5 Å².